The highest BCUT2D eigenvalue weighted by molar-refractivity contribution is 5.48. The third-order valence-corrected chi connectivity index (χ3v) is 5.84. The average molecular weight is 403 g/mol. The Morgan fingerprint density at radius 2 is 1.59 bits per heavy atom. The van der Waals surface area contributed by atoms with E-state index in [0.29, 0.717) is 17.7 Å². The maximum atomic E-state index is 12.7. The second kappa shape index (κ2) is 6.57. The van der Waals surface area contributed by atoms with Crippen molar-refractivity contribution in [3.8, 4) is 0 Å². The zero-order valence-electron chi connectivity index (χ0n) is 15.8. The maximum absolute atomic E-state index is 12.7. The van der Waals surface area contributed by atoms with Crippen molar-refractivity contribution in [2.45, 2.75) is 19.5 Å². The van der Waals surface area contributed by atoms with Gasteiger partial charge in [0.1, 0.15) is 11.6 Å². The topological polar surface area (TPSA) is 62.5 Å². The van der Waals surface area contributed by atoms with Crippen LogP contribution in [-0.4, -0.2) is 51.0 Å². The third-order valence-electron chi connectivity index (χ3n) is 5.84. The molecule has 2 aliphatic heterocycles. The van der Waals surface area contributed by atoms with Gasteiger partial charge in [-0.15, -0.1) is 15.3 Å². The number of fused-ring (bicyclic) bond motifs is 2. The van der Waals surface area contributed by atoms with Gasteiger partial charge in [-0.25, -0.2) is 4.98 Å². The molecule has 0 aromatic carbocycles. The Bertz CT molecular complexity index is 1020. The Labute approximate surface area is 165 Å². The zero-order chi connectivity index (χ0) is 20.2. The molecule has 7 nitrogen and oxygen atoms in total. The molecule has 0 radical (unpaired) electrons. The summed E-state index contributed by atoms with van der Waals surface area (Å²) in [6.07, 6.45) is -2.68. The van der Waals surface area contributed by atoms with Gasteiger partial charge in [0.2, 0.25) is 0 Å². The molecule has 2 saturated heterocycles. The molecule has 0 saturated carbocycles. The van der Waals surface area contributed by atoms with Crippen LogP contribution in [0.4, 0.5) is 24.8 Å². The van der Waals surface area contributed by atoms with E-state index in [1.54, 1.807) is 4.52 Å². The quantitative estimate of drug-likeness (QED) is 0.670. The Hall–Kier alpha value is -2.91. The fourth-order valence-electron chi connectivity index (χ4n) is 4.32. The molecule has 0 amide bonds. The summed E-state index contributed by atoms with van der Waals surface area (Å²) in [5.74, 6) is 3.21. The first kappa shape index (κ1) is 18.1. The Balaban J connectivity index is 1.28. The van der Waals surface area contributed by atoms with Gasteiger partial charge in [0.25, 0.3) is 0 Å². The van der Waals surface area contributed by atoms with Crippen LogP contribution in [0.25, 0.3) is 5.65 Å². The Morgan fingerprint density at radius 1 is 0.931 bits per heavy atom. The van der Waals surface area contributed by atoms with Crippen molar-refractivity contribution in [1.82, 2.24) is 24.8 Å². The fourth-order valence-corrected chi connectivity index (χ4v) is 4.32. The minimum absolute atomic E-state index is 0.433. The van der Waals surface area contributed by atoms with E-state index in [1.165, 1.54) is 6.07 Å². The van der Waals surface area contributed by atoms with E-state index in [-0.39, 0.29) is 0 Å². The lowest BCUT2D eigenvalue weighted by Crippen LogP contribution is -2.30. The van der Waals surface area contributed by atoms with E-state index in [4.69, 9.17) is 5.10 Å². The van der Waals surface area contributed by atoms with Gasteiger partial charge in [-0.1, -0.05) is 6.92 Å². The predicted molar refractivity (Wildman–Crippen MR) is 101 cm³/mol. The standard InChI is InChI=1S/C19H20F3N7/c1-2-15-24-25-17-5-6-18(26-29(15)17)28-10-12-8-27(9-13(12)11-28)16-4-3-14(7-23-16)19(20,21)22/h3-7,12-13H,2,8-11H2,1H3. The zero-order valence-corrected chi connectivity index (χ0v) is 15.8. The summed E-state index contributed by atoms with van der Waals surface area (Å²) in [5.41, 5.74) is 0.0262. The van der Waals surface area contributed by atoms with Gasteiger partial charge in [0, 0.05) is 50.6 Å². The van der Waals surface area contributed by atoms with E-state index in [9.17, 15) is 13.2 Å². The monoisotopic (exact) mass is 403 g/mol. The van der Waals surface area contributed by atoms with Crippen molar-refractivity contribution >= 4 is 17.3 Å². The van der Waals surface area contributed by atoms with Crippen molar-refractivity contribution in [1.29, 1.82) is 0 Å². The molecule has 2 fully saturated rings. The Kier molecular flexibility index (Phi) is 4.11. The van der Waals surface area contributed by atoms with Crippen LogP contribution in [-0.2, 0) is 12.6 Å². The highest BCUT2D eigenvalue weighted by atomic mass is 19.4. The molecule has 3 aromatic heterocycles. The number of aryl methyl sites for hydroxylation is 1. The van der Waals surface area contributed by atoms with E-state index >= 15 is 0 Å². The molecule has 0 bridgehead atoms. The van der Waals surface area contributed by atoms with E-state index in [0.717, 1.165) is 62.2 Å². The number of hydrogen-bond acceptors (Lipinski definition) is 6. The molecule has 152 valence electrons. The lowest BCUT2D eigenvalue weighted by molar-refractivity contribution is -0.137. The van der Waals surface area contributed by atoms with Gasteiger partial charge < -0.3 is 9.80 Å². The average Bonchev–Trinajstić information content (AvgIpc) is 3.39. The number of nitrogens with zero attached hydrogens (tertiary/aromatic N) is 7. The molecular weight excluding hydrogens is 383 g/mol. The second-order valence-electron chi connectivity index (χ2n) is 7.66. The number of aromatic nitrogens is 5. The normalized spacial score (nSPS) is 21.9. The minimum Gasteiger partial charge on any atom is -0.356 e. The molecule has 2 unspecified atom stereocenters. The number of halogens is 3. The summed E-state index contributed by atoms with van der Waals surface area (Å²) in [6.45, 7) is 5.33. The van der Waals surface area contributed by atoms with Gasteiger partial charge in [-0.3, -0.25) is 0 Å². The number of alkyl halides is 3. The van der Waals surface area contributed by atoms with Crippen LogP contribution >= 0.6 is 0 Å². The summed E-state index contributed by atoms with van der Waals surface area (Å²) in [6, 6.07) is 6.47. The molecule has 5 heterocycles. The van der Waals surface area contributed by atoms with Gasteiger partial charge in [0.15, 0.2) is 11.5 Å². The van der Waals surface area contributed by atoms with Crippen LogP contribution in [0.15, 0.2) is 30.5 Å². The molecule has 29 heavy (non-hydrogen) atoms. The summed E-state index contributed by atoms with van der Waals surface area (Å²) in [7, 11) is 0. The van der Waals surface area contributed by atoms with E-state index in [2.05, 4.69) is 25.0 Å². The van der Waals surface area contributed by atoms with Crippen LogP contribution in [0, 0.1) is 11.8 Å². The van der Waals surface area contributed by atoms with Crippen LogP contribution in [0.5, 0.6) is 0 Å². The molecule has 2 aliphatic rings. The first-order valence-electron chi connectivity index (χ1n) is 9.67. The summed E-state index contributed by atoms with van der Waals surface area (Å²) in [5, 5.41) is 13.0. The van der Waals surface area contributed by atoms with E-state index in [1.807, 2.05) is 19.1 Å². The number of anilines is 2. The lowest BCUT2D eigenvalue weighted by atomic mass is 10.0. The number of hydrogen-bond donors (Lipinski definition) is 0. The molecule has 5 rings (SSSR count). The third kappa shape index (κ3) is 3.16. The van der Waals surface area contributed by atoms with Crippen molar-refractivity contribution in [3.63, 3.8) is 0 Å². The van der Waals surface area contributed by atoms with Crippen molar-refractivity contribution in [3.05, 3.63) is 41.9 Å². The van der Waals surface area contributed by atoms with Crippen LogP contribution in [0.2, 0.25) is 0 Å². The molecule has 3 aromatic rings. The number of pyridine rings is 1. The minimum atomic E-state index is -4.36. The highest BCUT2D eigenvalue weighted by Crippen LogP contribution is 2.36. The molecule has 2 atom stereocenters. The predicted octanol–water partition coefficient (Wildman–Crippen LogP) is 2.67. The summed E-state index contributed by atoms with van der Waals surface area (Å²) < 4.78 is 40.0. The van der Waals surface area contributed by atoms with Gasteiger partial charge in [-0.05, 0) is 24.3 Å². The summed E-state index contributed by atoms with van der Waals surface area (Å²) in [4.78, 5) is 8.39. The van der Waals surface area contributed by atoms with Crippen LogP contribution in [0.3, 0.4) is 0 Å². The summed E-state index contributed by atoms with van der Waals surface area (Å²) >= 11 is 0. The Morgan fingerprint density at radius 3 is 2.17 bits per heavy atom. The van der Waals surface area contributed by atoms with Gasteiger partial charge in [-0.2, -0.15) is 17.7 Å². The molecular formula is C19H20F3N7. The second-order valence-corrected chi connectivity index (χ2v) is 7.66. The first-order chi connectivity index (χ1) is 13.9. The SMILES string of the molecule is CCc1nnc2ccc(N3CC4CN(c5ccc(C(F)(F)F)cn5)CC4C3)nn12. The first-order valence-corrected chi connectivity index (χ1v) is 9.67. The van der Waals surface area contributed by atoms with Crippen LogP contribution < -0.4 is 9.80 Å². The highest BCUT2D eigenvalue weighted by Gasteiger charge is 2.41. The van der Waals surface area contributed by atoms with E-state index < -0.39 is 11.7 Å². The fraction of sp³-hybridized carbons (Fsp3) is 0.474. The largest absolute Gasteiger partial charge is 0.417 e. The molecule has 0 spiro atoms. The molecule has 10 heteroatoms. The molecule has 0 N–H and O–H groups in total. The van der Waals surface area contributed by atoms with Gasteiger partial charge >= 0.3 is 6.18 Å². The van der Waals surface area contributed by atoms with Crippen molar-refractivity contribution in [2.24, 2.45) is 11.8 Å². The molecule has 0 aliphatic carbocycles. The lowest BCUT2D eigenvalue weighted by Gasteiger charge is -2.23. The van der Waals surface area contributed by atoms with Crippen LogP contribution in [0.1, 0.15) is 18.3 Å². The van der Waals surface area contributed by atoms with Crippen molar-refractivity contribution in [2.75, 3.05) is 36.0 Å². The maximum Gasteiger partial charge on any atom is 0.417 e. The number of rotatable bonds is 3. The van der Waals surface area contributed by atoms with Gasteiger partial charge in [0.05, 0.1) is 5.56 Å². The smallest absolute Gasteiger partial charge is 0.356 e. The van der Waals surface area contributed by atoms with Crippen molar-refractivity contribution < 1.29 is 13.2 Å².